The summed E-state index contributed by atoms with van der Waals surface area (Å²) in [6.07, 6.45) is -4.08. The minimum Gasteiger partial charge on any atom is -0.475 e. The third-order valence-electron chi connectivity index (χ3n) is 3.62. The van der Waals surface area contributed by atoms with Crippen LogP contribution in [0.15, 0.2) is 16.5 Å². The molecule has 1 N–H and O–H groups in total. The lowest BCUT2D eigenvalue weighted by Gasteiger charge is -2.28. The maximum atomic E-state index is 12.5. The molecule has 0 spiro atoms. The first-order valence-corrected chi connectivity index (χ1v) is 6.23. The van der Waals surface area contributed by atoms with Crippen LogP contribution in [0.2, 0.25) is 0 Å². The number of Topliss-reactive ketones (excluding diaryl/α,β-unsaturated/α-hetero) is 1. The highest BCUT2D eigenvalue weighted by Gasteiger charge is 2.42. The molecule has 1 aliphatic rings. The molecule has 1 saturated carbocycles. The number of carbonyl (C=O) groups excluding carboxylic acids is 1. The van der Waals surface area contributed by atoms with Gasteiger partial charge in [0, 0.05) is 5.92 Å². The van der Waals surface area contributed by atoms with Gasteiger partial charge in [-0.05, 0) is 37.8 Å². The van der Waals surface area contributed by atoms with Crippen molar-refractivity contribution in [3.63, 3.8) is 0 Å². The van der Waals surface area contributed by atoms with E-state index < -0.39 is 29.8 Å². The van der Waals surface area contributed by atoms with Gasteiger partial charge in [-0.15, -0.1) is 0 Å². The number of aromatic carboxylic acids is 1. The first-order valence-electron chi connectivity index (χ1n) is 6.23. The monoisotopic (exact) mass is 290 g/mol. The van der Waals surface area contributed by atoms with Gasteiger partial charge in [-0.25, -0.2) is 4.79 Å². The number of carboxylic acid groups (broad SMARTS) is 1. The Labute approximate surface area is 112 Å². The zero-order chi connectivity index (χ0) is 14.9. The van der Waals surface area contributed by atoms with Gasteiger partial charge < -0.3 is 9.52 Å². The number of alkyl halides is 3. The van der Waals surface area contributed by atoms with Crippen molar-refractivity contribution in [1.29, 1.82) is 0 Å². The topological polar surface area (TPSA) is 67.5 Å². The fourth-order valence-corrected chi connectivity index (χ4v) is 2.47. The Morgan fingerprint density at radius 3 is 2.10 bits per heavy atom. The van der Waals surface area contributed by atoms with E-state index in [9.17, 15) is 22.8 Å². The van der Waals surface area contributed by atoms with Gasteiger partial charge in [-0.2, -0.15) is 13.2 Å². The Balaban J connectivity index is 1.99. The van der Waals surface area contributed by atoms with Gasteiger partial charge in [0.2, 0.25) is 11.5 Å². The van der Waals surface area contributed by atoms with Crippen molar-refractivity contribution in [3.05, 3.63) is 23.7 Å². The molecule has 0 aromatic carbocycles. The van der Waals surface area contributed by atoms with Gasteiger partial charge in [-0.3, -0.25) is 4.79 Å². The summed E-state index contributed by atoms with van der Waals surface area (Å²) in [5.74, 6) is -4.03. The van der Waals surface area contributed by atoms with Crippen LogP contribution in [0.3, 0.4) is 0 Å². The summed E-state index contributed by atoms with van der Waals surface area (Å²) in [5, 5.41) is 8.68. The van der Waals surface area contributed by atoms with Crippen LogP contribution >= 0.6 is 0 Å². The molecule has 2 rings (SSSR count). The zero-order valence-electron chi connectivity index (χ0n) is 10.4. The summed E-state index contributed by atoms with van der Waals surface area (Å²) in [6.45, 7) is 0. The first kappa shape index (κ1) is 14.6. The molecule has 7 heteroatoms. The summed E-state index contributed by atoms with van der Waals surface area (Å²) < 4.78 is 42.4. The maximum Gasteiger partial charge on any atom is 0.391 e. The molecule has 1 aromatic rings. The molecule has 1 fully saturated rings. The second-order valence-corrected chi connectivity index (χ2v) is 4.92. The molecule has 1 aliphatic carbocycles. The van der Waals surface area contributed by atoms with E-state index in [2.05, 4.69) is 0 Å². The summed E-state index contributed by atoms with van der Waals surface area (Å²) in [7, 11) is 0. The van der Waals surface area contributed by atoms with Crippen molar-refractivity contribution >= 4 is 11.8 Å². The van der Waals surface area contributed by atoms with Gasteiger partial charge in [0.25, 0.3) is 0 Å². The standard InChI is InChI=1S/C13H13F3O4/c14-13(15,16)8-3-1-7(2-4-8)11(17)9-5-6-10(20-9)12(18)19/h5-8H,1-4H2,(H,18,19). The van der Waals surface area contributed by atoms with Crippen LogP contribution in [0, 0.1) is 11.8 Å². The molecule has 0 aliphatic heterocycles. The summed E-state index contributed by atoms with van der Waals surface area (Å²) in [4.78, 5) is 22.7. The predicted octanol–water partition coefficient (Wildman–Crippen LogP) is 3.53. The quantitative estimate of drug-likeness (QED) is 0.865. The summed E-state index contributed by atoms with van der Waals surface area (Å²) in [5.41, 5.74) is 0. The lowest BCUT2D eigenvalue weighted by molar-refractivity contribution is -0.183. The molecule has 20 heavy (non-hydrogen) atoms. The van der Waals surface area contributed by atoms with Crippen molar-refractivity contribution in [2.24, 2.45) is 11.8 Å². The van der Waals surface area contributed by atoms with Gasteiger partial charge >= 0.3 is 12.1 Å². The number of halogens is 3. The number of ketones is 1. The fraction of sp³-hybridized carbons (Fsp3) is 0.538. The Morgan fingerprint density at radius 2 is 1.65 bits per heavy atom. The highest BCUT2D eigenvalue weighted by atomic mass is 19.4. The second kappa shape index (κ2) is 5.30. The van der Waals surface area contributed by atoms with Crippen LogP contribution in [-0.2, 0) is 0 Å². The van der Waals surface area contributed by atoms with E-state index in [4.69, 9.17) is 9.52 Å². The first-order chi connectivity index (χ1) is 9.29. The Hall–Kier alpha value is -1.79. The third-order valence-corrected chi connectivity index (χ3v) is 3.62. The van der Waals surface area contributed by atoms with Gasteiger partial charge in [0.15, 0.2) is 5.76 Å². The summed E-state index contributed by atoms with van der Waals surface area (Å²) in [6, 6.07) is 2.42. The van der Waals surface area contributed by atoms with Crippen LogP contribution in [0.4, 0.5) is 13.2 Å². The van der Waals surface area contributed by atoms with Crippen LogP contribution < -0.4 is 0 Å². The summed E-state index contributed by atoms with van der Waals surface area (Å²) >= 11 is 0. The van der Waals surface area contributed by atoms with Crippen LogP contribution in [0.25, 0.3) is 0 Å². The smallest absolute Gasteiger partial charge is 0.391 e. The van der Waals surface area contributed by atoms with E-state index in [-0.39, 0.29) is 37.2 Å². The van der Waals surface area contributed by atoms with Crippen molar-refractivity contribution < 1.29 is 32.3 Å². The molecule has 0 saturated heterocycles. The lowest BCUT2D eigenvalue weighted by atomic mass is 9.79. The number of hydrogen-bond donors (Lipinski definition) is 1. The maximum absolute atomic E-state index is 12.5. The molecule has 0 unspecified atom stereocenters. The number of carboxylic acids is 1. The van der Waals surface area contributed by atoms with E-state index in [1.807, 2.05) is 0 Å². The van der Waals surface area contributed by atoms with Crippen molar-refractivity contribution in [2.45, 2.75) is 31.9 Å². The lowest BCUT2D eigenvalue weighted by Crippen LogP contribution is -2.30. The molecule has 0 bridgehead atoms. The number of furan rings is 1. The van der Waals surface area contributed by atoms with Crippen molar-refractivity contribution in [3.8, 4) is 0 Å². The molecule has 4 nitrogen and oxygen atoms in total. The van der Waals surface area contributed by atoms with E-state index >= 15 is 0 Å². The van der Waals surface area contributed by atoms with E-state index in [0.717, 1.165) is 6.07 Å². The number of carbonyl (C=O) groups is 2. The van der Waals surface area contributed by atoms with Crippen LogP contribution in [0.5, 0.6) is 0 Å². The largest absolute Gasteiger partial charge is 0.475 e. The SMILES string of the molecule is O=C(O)c1ccc(C(=O)C2CCC(C(F)(F)F)CC2)o1. The van der Waals surface area contributed by atoms with Gasteiger partial charge in [-0.1, -0.05) is 0 Å². The molecule has 1 aromatic heterocycles. The molecule has 0 amide bonds. The average molecular weight is 290 g/mol. The third kappa shape index (κ3) is 3.02. The normalized spacial score (nSPS) is 23.6. The Morgan fingerprint density at radius 1 is 1.10 bits per heavy atom. The second-order valence-electron chi connectivity index (χ2n) is 4.92. The highest BCUT2D eigenvalue weighted by Crippen LogP contribution is 2.40. The Kier molecular flexibility index (Phi) is 3.87. The highest BCUT2D eigenvalue weighted by molar-refractivity contribution is 5.96. The van der Waals surface area contributed by atoms with E-state index in [1.54, 1.807) is 0 Å². The van der Waals surface area contributed by atoms with Gasteiger partial charge in [0.05, 0.1) is 5.92 Å². The molecular weight excluding hydrogens is 277 g/mol. The Bertz CT molecular complexity index is 510. The van der Waals surface area contributed by atoms with Crippen LogP contribution in [0.1, 0.15) is 46.8 Å². The van der Waals surface area contributed by atoms with Crippen molar-refractivity contribution in [2.75, 3.05) is 0 Å². The molecule has 1 heterocycles. The molecule has 110 valence electrons. The predicted molar refractivity (Wildman–Crippen MR) is 61.5 cm³/mol. The number of rotatable bonds is 3. The van der Waals surface area contributed by atoms with Crippen LogP contribution in [-0.4, -0.2) is 23.0 Å². The average Bonchev–Trinajstić information content (AvgIpc) is 2.86. The van der Waals surface area contributed by atoms with E-state index in [1.165, 1.54) is 6.07 Å². The molecule has 0 atom stereocenters. The minimum atomic E-state index is -4.21. The molecule has 0 radical (unpaired) electrons. The fourth-order valence-electron chi connectivity index (χ4n) is 2.47. The number of hydrogen-bond acceptors (Lipinski definition) is 3. The van der Waals surface area contributed by atoms with E-state index in [0.29, 0.717) is 0 Å². The minimum absolute atomic E-state index is 0.0770. The zero-order valence-corrected chi connectivity index (χ0v) is 10.4. The molecular formula is C13H13F3O4. The van der Waals surface area contributed by atoms with Gasteiger partial charge in [0.1, 0.15) is 0 Å². The van der Waals surface area contributed by atoms with Crippen molar-refractivity contribution in [1.82, 2.24) is 0 Å².